The van der Waals surface area contributed by atoms with Crippen LogP contribution < -0.4 is 10.6 Å². The van der Waals surface area contributed by atoms with Crippen molar-refractivity contribution in [1.82, 2.24) is 9.62 Å². The standard InChI is InChI=1S/C31H39ClF2N3O4S/c1-19-13-22(14-20(2)41-19)26(21-8-11-27(32)29(34)15-21)16-31(38)36-30-7-3-6-28(33)25(30)10-9-24-17-35-23-5-4-12-42(39,40)37(24)18-23/h3,6-8,11,15-16,19-20,22-24,26,35H,4-5,9-10,12-14,17-18H2,1-2H3,(H,36,38)/t19-,20+,22?,23-,24+,26+/m1/s1. The molecule has 7 nitrogen and oxygen atoms in total. The molecule has 0 saturated carbocycles. The molecule has 0 spiro atoms. The number of anilines is 1. The number of amides is 1. The Balaban J connectivity index is 1.32. The number of fused-ring (bicyclic) bond motifs is 2. The third-order valence-electron chi connectivity index (χ3n) is 8.77. The van der Waals surface area contributed by atoms with E-state index in [0.717, 1.165) is 6.42 Å². The number of halogens is 3. The summed E-state index contributed by atoms with van der Waals surface area (Å²) in [5.41, 5.74) is 1.31. The van der Waals surface area contributed by atoms with Crippen molar-refractivity contribution in [2.75, 3.05) is 24.2 Å². The molecule has 3 fully saturated rings. The molecule has 3 heterocycles. The second-order valence-electron chi connectivity index (χ2n) is 11.9. The molecule has 2 unspecified atom stereocenters. The van der Waals surface area contributed by atoms with Crippen LogP contribution in [0.1, 0.15) is 63.0 Å². The normalized spacial score (nSPS) is 29.8. The van der Waals surface area contributed by atoms with E-state index >= 15 is 4.39 Å². The number of rotatable bonds is 8. The van der Waals surface area contributed by atoms with Crippen molar-refractivity contribution < 1.29 is 26.7 Å². The van der Waals surface area contributed by atoms with Gasteiger partial charge in [-0.1, -0.05) is 23.7 Å². The topological polar surface area (TPSA) is 87.7 Å². The Labute approximate surface area is 252 Å². The monoisotopic (exact) mass is 622 g/mol. The van der Waals surface area contributed by atoms with E-state index in [0.29, 0.717) is 55.6 Å². The van der Waals surface area contributed by atoms with Crippen LogP contribution in [0.5, 0.6) is 0 Å². The molecule has 42 heavy (non-hydrogen) atoms. The number of benzene rings is 2. The van der Waals surface area contributed by atoms with E-state index in [1.54, 1.807) is 22.9 Å². The van der Waals surface area contributed by atoms with E-state index in [1.807, 2.05) is 13.8 Å². The Kier molecular flexibility index (Phi) is 9.89. The second-order valence-corrected chi connectivity index (χ2v) is 14.4. The Bertz CT molecular complexity index is 1380. The first-order valence-electron chi connectivity index (χ1n) is 14.8. The van der Waals surface area contributed by atoms with Gasteiger partial charge in [-0.25, -0.2) is 17.2 Å². The average Bonchev–Trinajstić information content (AvgIpc) is 3.04. The lowest BCUT2D eigenvalue weighted by Crippen LogP contribution is -2.57. The molecule has 1 radical (unpaired) electrons. The van der Waals surface area contributed by atoms with Crippen LogP contribution in [0.2, 0.25) is 5.02 Å². The number of piperazine rings is 1. The summed E-state index contributed by atoms with van der Waals surface area (Å²) in [5.74, 6) is -1.69. The molecule has 1 amide bonds. The van der Waals surface area contributed by atoms with Crippen molar-refractivity contribution in [3.63, 3.8) is 0 Å². The summed E-state index contributed by atoms with van der Waals surface area (Å²) in [6.45, 7) is 4.91. The molecule has 2 aromatic carbocycles. The minimum absolute atomic E-state index is 0.0109. The van der Waals surface area contributed by atoms with Crippen molar-refractivity contribution in [2.45, 2.75) is 82.6 Å². The van der Waals surface area contributed by atoms with Gasteiger partial charge in [0.2, 0.25) is 15.9 Å². The van der Waals surface area contributed by atoms with Gasteiger partial charge >= 0.3 is 0 Å². The van der Waals surface area contributed by atoms with Crippen LogP contribution in [0.4, 0.5) is 14.5 Å². The van der Waals surface area contributed by atoms with Gasteiger partial charge in [0.25, 0.3) is 0 Å². The predicted octanol–water partition coefficient (Wildman–Crippen LogP) is 5.45. The van der Waals surface area contributed by atoms with E-state index in [1.165, 1.54) is 24.3 Å². The zero-order chi connectivity index (χ0) is 30.0. The smallest absolute Gasteiger partial charge is 0.228 e. The second kappa shape index (κ2) is 13.3. The number of sulfonamides is 1. The highest BCUT2D eigenvalue weighted by Gasteiger charge is 2.38. The van der Waals surface area contributed by atoms with E-state index in [-0.39, 0.29) is 47.4 Å². The van der Waals surface area contributed by atoms with E-state index < -0.39 is 33.5 Å². The molecular weight excluding hydrogens is 584 g/mol. The van der Waals surface area contributed by atoms with E-state index in [9.17, 15) is 17.6 Å². The fraction of sp³-hybridized carbons (Fsp3) is 0.548. The molecule has 0 aromatic heterocycles. The molecule has 2 aromatic rings. The van der Waals surface area contributed by atoms with Gasteiger partial charge in [0.1, 0.15) is 11.6 Å². The maximum atomic E-state index is 15.1. The van der Waals surface area contributed by atoms with Crippen LogP contribution in [-0.2, 0) is 26.0 Å². The molecule has 7 atom stereocenters. The molecule has 5 rings (SSSR count). The van der Waals surface area contributed by atoms with Crippen LogP contribution in [0.3, 0.4) is 0 Å². The lowest BCUT2D eigenvalue weighted by atomic mass is 9.76. The number of nitrogens with zero attached hydrogens (tertiary/aromatic N) is 1. The molecule has 3 aliphatic heterocycles. The Morgan fingerprint density at radius 2 is 1.95 bits per heavy atom. The highest BCUT2D eigenvalue weighted by Crippen LogP contribution is 2.39. The van der Waals surface area contributed by atoms with Crippen LogP contribution in [-0.4, -0.2) is 61.8 Å². The molecule has 11 heteroatoms. The Hall–Kier alpha value is -2.11. The van der Waals surface area contributed by atoms with E-state index in [4.69, 9.17) is 16.3 Å². The fourth-order valence-electron chi connectivity index (χ4n) is 6.80. The number of hydrogen-bond donors (Lipinski definition) is 2. The minimum Gasteiger partial charge on any atom is -0.376 e. The van der Waals surface area contributed by atoms with Gasteiger partial charge in [-0.3, -0.25) is 4.79 Å². The number of hydrogen-bond acceptors (Lipinski definition) is 5. The number of ether oxygens (including phenoxy) is 1. The molecular formula is C31H39ClF2N3O4S. The van der Waals surface area contributed by atoms with Gasteiger partial charge in [0, 0.05) is 36.4 Å². The minimum atomic E-state index is -3.37. The molecule has 3 saturated heterocycles. The van der Waals surface area contributed by atoms with Gasteiger partial charge in [-0.15, -0.1) is 0 Å². The number of carbonyl (C=O) groups excluding carboxylic acids is 1. The lowest BCUT2D eigenvalue weighted by molar-refractivity contribution is -0.114. The summed E-state index contributed by atoms with van der Waals surface area (Å²) in [4.78, 5) is 13.5. The third kappa shape index (κ3) is 7.33. The van der Waals surface area contributed by atoms with Crippen molar-refractivity contribution in [3.8, 4) is 0 Å². The van der Waals surface area contributed by atoms with Crippen molar-refractivity contribution >= 4 is 33.2 Å². The quantitative estimate of drug-likeness (QED) is 0.409. The first-order chi connectivity index (χ1) is 20.0. The fourth-order valence-corrected chi connectivity index (χ4v) is 8.72. The van der Waals surface area contributed by atoms with Crippen LogP contribution in [0.15, 0.2) is 36.4 Å². The van der Waals surface area contributed by atoms with Crippen LogP contribution >= 0.6 is 11.6 Å². The lowest BCUT2D eigenvalue weighted by Gasteiger charge is -2.37. The van der Waals surface area contributed by atoms with Gasteiger partial charge in [-0.05, 0) is 94.0 Å². The summed E-state index contributed by atoms with van der Waals surface area (Å²) in [6, 6.07) is 8.98. The summed E-state index contributed by atoms with van der Waals surface area (Å²) in [7, 11) is -3.37. The number of nitrogens with one attached hydrogen (secondary N) is 2. The maximum absolute atomic E-state index is 15.1. The highest BCUT2D eigenvalue weighted by molar-refractivity contribution is 7.89. The van der Waals surface area contributed by atoms with Crippen molar-refractivity contribution in [1.29, 1.82) is 0 Å². The third-order valence-corrected chi connectivity index (χ3v) is 11.0. The summed E-state index contributed by atoms with van der Waals surface area (Å²) in [6.07, 6.45) is 5.03. The van der Waals surface area contributed by atoms with Gasteiger partial charge < -0.3 is 15.4 Å². The predicted molar refractivity (Wildman–Crippen MR) is 160 cm³/mol. The molecule has 2 N–H and O–H groups in total. The summed E-state index contributed by atoms with van der Waals surface area (Å²) in [5, 5.41) is 6.31. The van der Waals surface area contributed by atoms with Gasteiger partial charge in [-0.2, -0.15) is 4.31 Å². The zero-order valence-electron chi connectivity index (χ0n) is 24.0. The average molecular weight is 623 g/mol. The van der Waals surface area contributed by atoms with E-state index in [2.05, 4.69) is 10.6 Å². The summed E-state index contributed by atoms with van der Waals surface area (Å²) < 4.78 is 62.8. The largest absolute Gasteiger partial charge is 0.376 e. The maximum Gasteiger partial charge on any atom is 0.228 e. The first kappa shape index (κ1) is 31.3. The summed E-state index contributed by atoms with van der Waals surface area (Å²) >= 11 is 5.94. The first-order valence-corrected chi connectivity index (χ1v) is 16.8. The van der Waals surface area contributed by atoms with Crippen molar-refractivity contribution in [2.24, 2.45) is 5.92 Å². The zero-order valence-corrected chi connectivity index (χ0v) is 25.6. The molecule has 2 bridgehead atoms. The molecule has 229 valence electrons. The van der Waals surface area contributed by atoms with Crippen molar-refractivity contribution in [3.05, 3.63) is 70.6 Å². The molecule has 3 aliphatic rings. The van der Waals surface area contributed by atoms with Gasteiger partial charge in [0.15, 0.2) is 0 Å². The SMILES string of the molecule is C[C@@H]1CC([C@@H]([CH]C(=O)Nc2cccc(F)c2CC[C@H]2CN[C@@H]3CCCS(=O)(=O)N2C3)c2ccc(Cl)c(F)c2)C[C@H](C)O1. The Morgan fingerprint density at radius 1 is 1.19 bits per heavy atom. The van der Waals surface area contributed by atoms with Gasteiger partial charge in [0.05, 0.1) is 29.4 Å². The highest BCUT2D eigenvalue weighted by atomic mass is 35.5. The van der Waals surface area contributed by atoms with Crippen LogP contribution in [0, 0.1) is 24.0 Å². The Morgan fingerprint density at radius 3 is 2.69 bits per heavy atom. The van der Waals surface area contributed by atoms with Crippen LogP contribution in [0.25, 0.3) is 0 Å². The number of carbonyl (C=O) groups is 1. The molecule has 0 aliphatic carbocycles.